The summed E-state index contributed by atoms with van der Waals surface area (Å²) in [6, 6.07) is 11.6. The van der Waals surface area contributed by atoms with E-state index in [1.165, 1.54) is 17.0 Å². The zero-order valence-corrected chi connectivity index (χ0v) is 21.2. The number of amides is 2. The largest absolute Gasteiger partial charge is 0.352 e. The first-order valence-electron chi connectivity index (χ1n) is 11.3. The summed E-state index contributed by atoms with van der Waals surface area (Å²) in [4.78, 5) is 28.0. The molecule has 2 aromatic carbocycles. The average Bonchev–Trinajstić information content (AvgIpc) is 2.77. The molecule has 0 heterocycles. The summed E-state index contributed by atoms with van der Waals surface area (Å²) in [6.45, 7) is 7.02. The monoisotopic (exact) mass is 491 g/mol. The lowest BCUT2D eigenvalue weighted by Gasteiger charge is -2.33. The third-order valence-electron chi connectivity index (χ3n) is 5.62. The summed E-state index contributed by atoms with van der Waals surface area (Å²) in [5.74, 6) is -1.25. The van der Waals surface area contributed by atoms with Gasteiger partial charge in [-0.2, -0.15) is 0 Å². The molecule has 0 aliphatic rings. The molecule has 0 saturated heterocycles. The van der Waals surface area contributed by atoms with E-state index in [9.17, 15) is 22.4 Å². The van der Waals surface area contributed by atoms with E-state index in [0.717, 1.165) is 22.5 Å². The van der Waals surface area contributed by atoms with Crippen LogP contribution in [0.3, 0.4) is 0 Å². The number of benzene rings is 2. The molecule has 34 heavy (non-hydrogen) atoms. The van der Waals surface area contributed by atoms with E-state index < -0.39 is 34.3 Å². The summed E-state index contributed by atoms with van der Waals surface area (Å²) < 4.78 is 39.6. The second kappa shape index (κ2) is 12.0. The van der Waals surface area contributed by atoms with Gasteiger partial charge in [0.25, 0.3) is 0 Å². The van der Waals surface area contributed by atoms with E-state index in [-0.39, 0.29) is 18.5 Å². The Hall–Kier alpha value is -2.94. The number of nitrogens with zero attached hydrogens (tertiary/aromatic N) is 2. The zero-order valence-electron chi connectivity index (χ0n) is 20.4. The lowest BCUT2D eigenvalue weighted by molar-refractivity contribution is -0.140. The van der Waals surface area contributed by atoms with Gasteiger partial charge < -0.3 is 10.2 Å². The van der Waals surface area contributed by atoms with E-state index in [0.29, 0.717) is 17.7 Å². The number of nitrogens with one attached hydrogen (secondary N) is 1. The lowest BCUT2D eigenvalue weighted by atomic mass is 10.1. The molecule has 7 nitrogen and oxygen atoms in total. The van der Waals surface area contributed by atoms with E-state index in [4.69, 9.17) is 0 Å². The van der Waals surface area contributed by atoms with Crippen molar-refractivity contribution in [1.29, 1.82) is 0 Å². The molecule has 0 bridgehead atoms. The number of anilines is 1. The SMILES string of the molecule is CCC(C)NC(=O)C(CC)N(Cc1ccc(F)cc1)C(=O)CN(c1cccc(C)c1)S(C)(=O)=O. The van der Waals surface area contributed by atoms with Gasteiger partial charge in [-0.05, 0) is 62.1 Å². The first kappa shape index (κ1) is 27.3. The van der Waals surface area contributed by atoms with Gasteiger partial charge in [0.2, 0.25) is 21.8 Å². The summed E-state index contributed by atoms with van der Waals surface area (Å²) in [6.07, 6.45) is 2.10. The van der Waals surface area contributed by atoms with Gasteiger partial charge in [-0.3, -0.25) is 13.9 Å². The van der Waals surface area contributed by atoms with Crippen LogP contribution >= 0.6 is 0 Å². The zero-order chi connectivity index (χ0) is 25.5. The van der Waals surface area contributed by atoms with Gasteiger partial charge in [0.15, 0.2) is 0 Å². The maximum absolute atomic E-state index is 13.6. The Labute approximate surface area is 202 Å². The van der Waals surface area contributed by atoms with Crippen LogP contribution in [0.5, 0.6) is 0 Å². The maximum atomic E-state index is 13.6. The van der Waals surface area contributed by atoms with Gasteiger partial charge in [-0.15, -0.1) is 0 Å². The molecule has 9 heteroatoms. The van der Waals surface area contributed by atoms with Gasteiger partial charge in [0, 0.05) is 12.6 Å². The van der Waals surface area contributed by atoms with Gasteiger partial charge in [-0.25, -0.2) is 12.8 Å². The number of rotatable bonds is 11. The first-order valence-corrected chi connectivity index (χ1v) is 13.2. The second-order valence-electron chi connectivity index (χ2n) is 8.50. The molecule has 0 aliphatic heterocycles. The minimum absolute atomic E-state index is 0.0387. The number of hydrogen-bond donors (Lipinski definition) is 1. The number of halogens is 1. The van der Waals surface area contributed by atoms with Crippen LogP contribution in [0.4, 0.5) is 10.1 Å². The fraction of sp³-hybridized carbons (Fsp3) is 0.440. The quantitative estimate of drug-likeness (QED) is 0.520. The van der Waals surface area contributed by atoms with Crippen LogP contribution in [0.2, 0.25) is 0 Å². The Kier molecular flexibility index (Phi) is 9.61. The minimum atomic E-state index is -3.78. The van der Waals surface area contributed by atoms with Crippen LogP contribution in [0, 0.1) is 12.7 Å². The molecule has 0 aromatic heterocycles. The topological polar surface area (TPSA) is 86.8 Å². The van der Waals surface area contributed by atoms with Crippen molar-refractivity contribution in [1.82, 2.24) is 10.2 Å². The van der Waals surface area contributed by atoms with Crippen molar-refractivity contribution in [3.8, 4) is 0 Å². The standard InChI is InChI=1S/C25H34FN3O4S/c1-6-19(4)27-25(31)23(7-2)28(16-20-11-13-21(26)14-12-20)24(30)17-29(34(5,32)33)22-10-8-9-18(3)15-22/h8-15,19,23H,6-7,16-17H2,1-5H3,(H,27,31). The van der Waals surface area contributed by atoms with Crippen LogP contribution in [0.25, 0.3) is 0 Å². The third kappa shape index (κ3) is 7.55. The summed E-state index contributed by atoms with van der Waals surface area (Å²) in [5, 5.41) is 2.91. The van der Waals surface area contributed by atoms with Crippen molar-refractivity contribution in [3.05, 3.63) is 65.5 Å². The molecule has 0 aliphatic carbocycles. The maximum Gasteiger partial charge on any atom is 0.244 e. The molecular weight excluding hydrogens is 457 g/mol. The Bertz CT molecular complexity index is 1090. The summed E-state index contributed by atoms with van der Waals surface area (Å²) in [5.41, 5.74) is 1.85. The Morgan fingerprint density at radius 1 is 1.06 bits per heavy atom. The molecule has 2 aromatic rings. The first-order chi connectivity index (χ1) is 16.0. The van der Waals surface area contributed by atoms with Crippen LogP contribution in [-0.2, 0) is 26.2 Å². The number of sulfonamides is 1. The van der Waals surface area contributed by atoms with E-state index in [2.05, 4.69) is 5.32 Å². The predicted molar refractivity (Wildman–Crippen MR) is 132 cm³/mol. The second-order valence-corrected chi connectivity index (χ2v) is 10.4. The fourth-order valence-corrected chi connectivity index (χ4v) is 4.39. The van der Waals surface area contributed by atoms with Gasteiger partial charge in [0.1, 0.15) is 18.4 Å². The van der Waals surface area contributed by atoms with Crippen molar-refractivity contribution in [2.24, 2.45) is 0 Å². The van der Waals surface area contributed by atoms with Crippen LogP contribution in [-0.4, -0.2) is 50.0 Å². The van der Waals surface area contributed by atoms with Crippen molar-refractivity contribution in [2.75, 3.05) is 17.1 Å². The summed E-state index contributed by atoms with van der Waals surface area (Å²) in [7, 11) is -3.78. The van der Waals surface area contributed by atoms with Gasteiger partial charge in [-0.1, -0.05) is 38.1 Å². The molecular formula is C25H34FN3O4S. The van der Waals surface area contributed by atoms with E-state index in [1.807, 2.05) is 26.8 Å². The number of hydrogen-bond acceptors (Lipinski definition) is 4. The smallest absolute Gasteiger partial charge is 0.244 e. The van der Waals surface area contributed by atoms with E-state index >= 15 is 0 Å². The Morgan fingerprint density at radius 2 is 1.71 bits per heavy atom. The van der Waals surface area contributed by atoms with Gasteiger partial charge in [0.05, 0.1) is 11.9 Å². The van der Waals surface area contributed by atoms with Crippen LogP contribution in [0.15, 0.2) is 48.5 Å². The highest BCUT2D eigenvalue weighted by Crippen LogP contribution is 2.21. The fourth-order valence-electron chi connectivity index (χ4n) is 3.54. The van der Waals surface area contributed by atoms with Crippen molar-refractivity contribution >= 4 is 27.5 Å². The molecule has 2 unspecified atom stereocenters. The van der Waals surface area contributed by atoms with E-state index in [1.54, 1.807) is 37.3 Å². The third-order valence-corrected chi connectivity index (χ3v) is 6.76. The normalized spacial score (nSPS) is 13.1. The number of carbonyl (C=O) groups excluding carboxylic acids is 2. The van der Waals surface area contributed by atoms with Crippen LogP contribution in [0.1, 0.15) is 44.7 Å². The molecule has 1 N–H and O–H groups in total. The van der Waals surface area contributed by atoms with Crippen molar-refractivity contribution in [3.63, 3.8) is 0 Å². The lowest BCUT2D eigenvalue weighted by Crippen LogP contribution is -2.53. The molecule has 186 valence electrons. The predicted octanol–water partition coefficient (Wildman–Crippen LogP) is 3.62. The highest BCUT2D eigenvalue weighted by Gasteiger charge is 2.32. The number of carbonyl (C=O) groups is 2. The molecule has 0 fully saturated rings. The highest BCUT2D eigenvalue weighted by atomic mass is 32.2. The van der Waals surface area contributed by atoms with Crippen molar-refractivity contribution < 1.29 is 22.4 Å². The Morgan fingerprint density at radius 3 is 2.24 bits per heavy atom. The van der Waals surface area contributed by atoms with Gasteiger partial charge >= 0.3 is 0 Å². The molecule has 2 atom stereocenters. The average molecular weight is 492 g/mol. The molecule has 2 rings (SSSR count). The summed E-state index contributed by atoms with van der Waals surface area (Å²) >= 11 is 0. The molecule has 0 saturated carbocycles. The van der Waals surface area contributed by atoms with Crippen molar-refractivity contribution in [2.45, 2.75) is 59.2 Å². The molecule has 0 radical (unpaired) electrons. The molecule has 2 amide bonds. The number of aryl methyl sites for hydroxylation is 1. The molecule has 0 spiro atoms. The highest BCUT2D eigenvalue weighted by molar-refractivity contribution is 7.92. The Balaban J connectivity index is 2.43. The van der Waals surface area contributed by atoms with Crippen LogP contribution < -0.4 is 9.62 Å². The minimum Gasteiger partial charge on any atom is -0.352 e.